The summed E-state index contributed by atoms with van der Waals surface area (Å²) in [5, 5.41) is 3.03. The largest absolute Gasteiger partial charge is 0.463 e. The third-order valence-corrected chi connectivity index (χ3v) is 5.81. The van der Waals surface area contributed by atoms with E-state index in [-0.39, 0.29) is 4.90 Å². The molecule has 34 heavy (non-hydrogen) atoms. The summed E-state index contributed by atoms with van der Waals surface area (Å²) in [4.78, 5) is 37.6. The first-order valence-corrected chi connectivity index (χ1v) is 10.8. The molecule has 0 unspecified atom stereocenters. The van der Waals surface area contributed by atoms with Crippen LogP contribution in [0.15, 0.2) is 28.2 Å². The number of rotatable bonds is 7. The molecule has 1 fully saturated rings. The molecular weight excluding hydrogens is 507 g/mol. The number of carbonyl (C=O) groups is 3. The highest BCUT2D eigenvalue weighted by molar-refractivity contribution is 7.99. The lowest BCUT2D eigenvalue weighted by molar-refractivity contribution is -0.201. The number of esters is 3. The molecule has 0 aromatic heterocycles. The molecule has 1 heterocycles. The summed E-state index contributed by atoms with van der Waals surface area (Å²) < 4.78 is 60.4. The monoisotopic (exact) mass is 525 g/mol. The maximum atomic E-state index is 13.0. The fourth-order valence-electron chi connectivity index (χ4n) is 3.10. The molecule has 0 spiro atoms. The first-order valence-electron chi connectivity index (χ1n) is 9.54. The fraction of sp³-hybridized carbons (Fsp3) is 0.526. The van der Waals surface area contributed by atoms with Gasteiger partial charge in [-0.2, -0.15) is 13.2 Å². The Morgan fingerprint density at radius 2 is 1.76 bits per heavy atom. The molecular formula is C19H19ClF3N3O7S. The highest BCUT2D eigenvalue weighted by Gasteiger charge is 2.50. The van der Waals surface area contributed by atoms with Crippen molar-refractivity contribution in [3.05, 3.63) is 39.2 Å². The second kappa shape index (κ2) is 11.6. The van der Waals surface area contributed by atoms with Crippen molar-refractivity contribution in [3.63, 3.8) is 0 Å². The van der Waals surface area contributed by atoms with E-state index in [0.717, 1.165) is 50.7 Å². The van der Waals surface area contributed by atoms with Crippen LogP contribution in [0.2, 0.25) is 5.02 Å². The number of thioether (sulfide) groups is 1. The average molecular weight is 526 g/mol. The van der Waals surface area contributed by atoms with E-state index in [9.17, 15) is 27.6 Å². The number of carbonyl (C=O) groups excluding carboxylic acids is 3. The van der Waals surface area contributed by atoms with Gasteiger partial charge in [0.25, 0.3) is 0 Å². The number of ether oxygens (including phenoxy) is 4. The van der Waals surface area contributed by atoms with Crippen LogP contribution in [0.3, 0.4) is 0 Å². The van der Waals surface area contributed by atoms with E-state index in [1.54, 1.807) is 0 Å². The van der Waals surface area contributed by atoms with Crippen molar-refractivity contribution >= 4 is 41.3 Å². The van der Waals surface area contributed by atoms with Crippen LogP contribution in [0, 0.1) is 0 Å². The van der Waals surface area contributed by atoms with Crippen molar-refractivity contribution in [1.82, 2.24) is 0 Å². The van der Waals surface area contributed by atoms with Crippen molar-refractivity contribution in [3.8, 4) is 0 Å². The maximum absolute atomic E-state index is 13.0. The summed E-state index contributed by atoms with van der Waals surface area (Å²) >= 11 is 6.60. The Kier molecular flexibility index (Phi) is 9.45. The van der Waals surface area contributed by atoms with Crippen molar-refractivity contribution in [1.29, 1.82) is 0 Å². The molecule has 1 aliphatic rings. The fourth-order valence-corrected chi connectivity index (χ4v) is 4.60. The maximum Gasteiger partial charge on any atom is 0.417 e. The van der Waals surface area contributed by atoms with Crippen molar-refractivity contribution < 1.29 is 46.5 Å². The molecule has 0 bridgehead atoms. The first kappa shape index (κ1) is 27.6. The Labute approximate surface area is 200 Å². The van der Waals surface area contributed by atoms with Crippen LogP contribution in [-0.4, -0.2) is 54.3 Å². The van der Waals surface area contributed by atoms with Gasteiger partial charge in [0.2, 0.25) is 0 Å². The van der Waals surface area contributed by atoms with Crippen LogP contribution in [0.4, 0.5) is 13.2 Å². The van der Waals surface area contributed by atoms with Gasteiger partial charge in [-0.05, 0) is 23.7 Å². The highest BCUT2D eigenvalue weighted by atomic mass is 35.5. The minimum Gasteiger partial charge on any atom is -0.463 e. The second-order valence-corrected chi connectivity index (χ2v) is 8.53. The molecule has 0 aliphatic carbocycles. The number of hydrogen-bond acceptors (Lipinski definition) is 9. The SMILES string of the molecule is CC(=O)OC[C@H]1O[C@H](Sc2ccc(C(F)(F)F)c(Cl)c2)[C@H](OC(C)=O)[C@@H](N=[N+]=[N-])[C@H]1OC(C)=O. The predicted molar refractivity (Wildman–Crippen MR) is 112 cm³/mol. The summed E-state index contributed by atoms with van der Waals surface area (Å²) in [5.74, 6) is -2.24. The number of azide groups is 1. The zero-order valence-corrected chi connectivity index (χ0v) is 19.5. The molecule has 10 nitrogen and oxygen atoms in total. The topological polar surface area (TPSA) is 137 Å². The van der Waals surface area contributed by atoms with Gasteiger partial charge in [0.15, 0.2) is 0 Å². The zero-order chi connectivity index (χ0) is 25.6. The summed E-state index contributed by atoms with van der Waals surface area (Å²) in [6.45, 7) is 2.88. The van der Waals surface area contributed by atoms with Gasteiger partial charge in [0, 0.05) is 30.6 Å². The lowest BCUT2D eigenvalue weighted by Gasteiger charge is -2.43. The molecule has 1 saturated heterocycles. The Morgan fingerprint density at radius 1 is 1.15 bits per heavy atom. The van der Waals surface area contributed by atoms with Crippen molar-refractivity contribution in [2.75, 3.05) is 6.61 Å². The van der Waals surface area contributed by atoms with Crippen LogP contribution in [0.25, 0.3) is 10.4 Å². The molecule has 5 atom stereocenters. The highest BCUT2D eigenvalue weighted by Crippen LogP contribution is 2.41. The van der Waals surface area contributed by atoms with E-state index in [0.29, 0.717) is 0 Å². The van der Waals surface area contributed by atoms with Gasteiger partial charge in [-0.15, -0.1) is 0 Å². The summed E-state index contributed by atoms with van der Waals surface area (Å²) in [6, 6.07) is 1.65. The molecule has 2 rings (SSSR count). The number of hydrogen-bond donors (Lipinski definition) is 0. The Balaban J connectivity index is 2.46. The molecule has 0 radical (unpaired) electrons. The number of benzene rings is 1. The van der Waals surface area contributed by atoms with Gasteiger partial charge in [-0.25, -0.2) is 0 Å². The van der Waals surface area contributed by atoms with E-state index in [4.69, 9.17) is 36.1 Å². The van der Waals surface area contributed by atoms with Crippen LogP contribution >= 0.6 is 23.4 Å². The molecule has 1 aromatic rings. The van der Waals surface area contributed by atoms with Gasteiger partial charge in [0.1, 0.15) is 36.4 Å². The van der Waals surface area contributed by atoms with E-state index in [1.807, 2.05) is 0 Å². The van der Waals surface area contributed by atoms with Gasteiger partial charge in [-0.1, -0.05) is 28.5 Å². The van der Waals surface area contributed by atoms with Crippen LogP contribution in [-0.2, 0) is 39.5 Å². The standard InChI is InChI=1S/C19H19ClF3N3O7S/c1-8(27)30-7-14-16(31-9(2)28)15(25-26-24)17(32-10(3)29)18(33-14)34-11-4-5-12(13(20)6-11)19(21,22)23/h4-6,14-18H,7H2,1-3H3/t14-,15+,16+,17-,18-/m1/s1. The van der Waals surface area contributed by atoms with Crippen molar-refractivity contribution in [2.24, 2.45) is 5.11 Å². The molecule has 0 saturated carbocycles. The van der Waals surface area contributed by atoms with E-state index in [2.05, 4.69) is 10.0 Å². The smallest absolute Gasteiger partial charge is 0.417 e. The van der Waals surface area contributed by atoms with Crippen LogP contribution < -0.4 is 0 Å². The summed E-state index contributed by atoms with van der Waals surface area (Å²) in [7, 11) is 0. The Bertz CT molecular complexity index is 990. The van der Waals surface area contributed by atoms with Gasteiger partial charge in [-0.3, -0.25) is 14.4 Å². The minimum atomic E-state index is -4.67. The molecule has 186 valence electrons. The lowest BCUT2D eigenvalue weighted by Crippen LogP contribution is -2.59. The minimum absolute atomic E-state index is 0.206. The number of halogens is 4. The third-order valence-electron chi connectivity index (χ3n) is 4.35. The van der Waals surface area contributed by atoms with E-state index < -0.39 is 71.1 Å². The molecule has 15 heteroatoms. The third kappa shape index (κ3) is 7.42. The van der Waals surface area contributed by atoms with Gasteiger partial charge < -0.3 is 18.9 Å². The molecule has 0 amide bonds. The molecule has 1 aliphatic heterocycles. The normalized spacial score (nSPS) is 24.5. The Morgan fingerprint density at radius 3 is 2.26 bits per heavy atom. The first-order chi connectivity index (χ1) is 15.8. The van der Waals surface area contributed by atoms with E-state index in [1.165, 1.54) is 0 Å². The number of alkyl halides is 3. The average Bonchev–Trinajstić information content (AvgIpc) is 2.69. The molecule has 0 N–H and O–H groups in total. The number of nitrogens with zero attached hydrogens (tertiary/aromatic N) is 3. The quantitative estimate of drug-likeness (QED) is 0.169. The summed E-state index contributed by atoms with van der Waals surface area (Å²) in [6.07, 6.45) is -8.44. The molecule has 1 aromatic carbocycles. The Hall–Kier alpha value is -2.67. The zero-order valence-electron chi connectivity index (χ0n) is 17.9. The van der Waals surface area contributed by atoms with Crippen LogP contribution in [0.5, 0.6) is 0 Å². The second-order valence-electron chi connectivity index (χ2n) is 6.95. The van der Waals surface area contributed by atoms with Gasteiger partial charge in [0.05, 0.1) is 10.6 Å². The van der Waals surface area contributed by atoms with Crippen molar-refractivity contribution in [2.45, 2.75) is 61.6 Å². The van der Waals surface area contributed by atoms with Gasteiger partial charge >= 0.3 is 24.1 Å². The van der Waals surface area contributed by atoms with E-state index >= 15 is 0 Å². The lowest BCUT2D eigenvalue weighted by atomic mass is 9.97. The summed E-state index contributed by atoms with van der Waals surface area (Å²) in [5.41, 5.74) is 6.85. The predicted octanol–water partition coefficient (Wildman–Crippen LogP) is 4.28. The van der Waals surface area contributed by atoms with Crippen LogP contribution in [0.1, 0.15) is 26.3 Å².